The van der Waals surface area contributed by atoms with Crippen LogP contribution in [-0.4, -0.2) is 50.1 Å². The second-order valence-corrected chi connectivity index (χ2v) is 10.4. The summed E-state index contributed by atoms with van der Waals surface area (Å²) in [5.41, 5.74) is 0.398. The molecule has 1 aromatic carbocycles. The van der Waals surface area contributed by atoms with Crippen LogP contribution in [0.5, 0.6) is 17.2 Å². The Morgan fingerprint density at radius 1 is 0.941 bits per heavy atom. The SMILES string of the molecule is COc1cc(/C=C2\C(=O)NC(=O)N([C@@H](C)C34CC5CC(CC(C5)C3)C4)C2=O)cc(OC)c1OC. The predicted molar refractivity (Wildman–Crippen MR) is 125 cm³/mol. The monoisotopic (exact) mass is 468 g/mol. The van der Waals surface area contributed by atoms with E-state index in [1.807, 2.05) is 6.92 Å². The fourth-order valence-corrected chi connectivity index (χ4v) is 7.34. The molecule has 0 aromatic heterocycles. The standard InChI is InChI=1S/C26H32N2O6/c1-14(26-11-16-5-17(12-26)7-18(6-16)13-26)28-24(30)19(23(29)27-25(28)31)8-15-9-20(32-2)22(34-4)21(10-15)33-3/h8-10,14,16-18H,5-7,11-13H2,1-4H3,(H,27,29,31)/b19-8+/t14-,16?,17?,18?,26?/m0/s1. The second-order valence-electron chi connectivity index (χ2n) is 10.4. The summed E-state index contributed by atoms with van der Waals surface area (Å²) < 4.78 is 16.1. The third-order valence-corrected chi connectivity index (χ3v) is 8.49. The van der Waals surface area contributed by atoms with E-state index >= 15 is 0 Å². The van der Waals surface area contributed by atoms with Gasteiger partial charge >= 0.3 is 6.03 Å². The maximum atomic E-state index is 13.6. The van der Waals surface area contributed by atoms with Crippen LogP contribution in [0.2, 0.25) is 0 Å². The van der Waals surface area contributed by atoms with E-state index in [2.05, 4.69) is 5.32 Å². The lowest BCUT2D eigenvalue weighted by Crippen LogP contribution is -2.63. The van der Waals surface area contributed by atoms with E-state index in [4.69, 9.17) is 14.2 Å². The number of nitrogens with zero attached hydrogens (tertiary/aromatic N) is 1. The fraction of sp³-hybridized carbons (Fsp3) is 0.577. The van der Waals surface area contributed by atoms with E-state index < -0.39 is 17.8 Å². The molecule has 0 radical (unpaired) electrons. The lowest BCUT2D eigenvalue weighted by molar-refractivity contribution is -0.139. The number of nitrogens with one attached hydrogen (secondary N) is 1. The van der Waals surface area contributed by atoms with E-state index in [9.17, 15) is 14.4 Å². The third-order valence-electron chi connectivity index (χ3n) is 8.49. The highest BCUT2D eigenvalue weighted by molar-refractivity contribution is 6.31. The fourth-order valence-electron chi connectivity index (χ4n) is 7.34. The van der Waals surface area contributed by atoms with Gasteiger partial charge in [0.1, 0.15) is 5.57 Å². The van der Waals surface area contributed by atoms with Crippen molar-refractivity contribution in [2.45, 2.75) is 51.5 Å². The summed E-state index contributed by atoms with van der Waals surface area (Å²) in [5.74, 6) is 2.05. The molecule has 8 heteroatoms. The Kier molecular flexibility index (Phi) is 5.57. The maximum absolute atomic E-state index is 13.6. The van der Waals surface area contributed by atoms with E-state index in [1.165, 1.54) is 51.6 Å². The molecule has 1 aromatic rings. The molecule has 6 rings (SSSR count). The number of urea groups is 1. The molecule has 1 N–H and O–H groups in total. The van der Waals surface area contributed by atoms with Crippen molar-refractivity contribution in [2.24, 2.45) is 23.2 Å². The average Bonchev–Trinajstić information content (AvgIpc) is 2.79. The summed E-state index contributed by atoms with van der Waals surface area (Å²) in [4.78, 5) is 40.6. The minimum Gasteiger partial charge on any atom is -0.493 e. The first-order valence-electron chi connectivity index (χ1n) is 12.0. The van der Waals surface area contributed by atoms with E-state index in [1.54, 1.807) is 12.1 Å². The molecule has 8 nitrogen and oxygen atoms in total. The minimum absolute atomic E-state index is 0.0558. The van der Waals surface area contributed by atoms with Crippen LogP contribution in [0.1, 0.15) is 51.0 Å². The van der Waals surface area contributed by atoms with Gasteiger partial charge in [-0.15, -0.1) is 0 Å². The number of ether oxygens (including phenoxy) is 3. The number of amides is 4. The summed E-state index contributed by atoms with van der Waals surface area (Å²) in [6.07, 6.45) is 8.46. The van der Waals surface area contributed by atoms with Crippen molar-refractivity contribution in [1.82, 2.24) is 10.2 Å². The number of hydrogen-bond donors (Lipinski definition) is 1. The number of carbonyl (C=O) groups is 3. The summed E-state index contributed by atoms with van der Waals surface area (Å²) in [7, 11) is 4.51. The highest BCUT2D eigenvalue weighted by Crippen LogP contribution is 2.62. The Hall–Kier alpha value is -3.03. The van der Waals surface area contributed by atoms with Gasteiger partial charge < -0.3 is 14.2 Å². The molecule has 1 aliphatic heterocycles. The van der Waals surface area contributed by atoms with Crippen LogP contribution >= 0.6 is 0 Å². The molecule has 4 saturated carbocycles. The van der Waals surface area contributed by atoms with Gasteiger partial charge in [0.25, 0.3) is 11.8 Å². The van der Waals surface area contributed by atoms with Crippen LogP contribution in [-0.2, 0) is 9.59 Å². The number of imide groups is 2. The first kappa shape index (κ1) is 22.7. The number of barbiturate groups is 1. The molecule has 34 heavy (non-hydrogen) atoms. The largest absolute Gasteiger partial charge is 0.493 e. The summed E-state index contributed by atoms with van der Waals surface area (Å²) in [5, 5.41) is 2.39. The van der Waals surface area contributed by atoms with Crippen molar-refractivity contribution >= 4 is 23.9 Å². The molecule has 4 amide bonds. The molecular weight excluding hydrogens is 436 g/mol. The Labute approximate surface area is 199 Å². The van der Waals surface area contributed by atoms with Crippen LogP contribution in [0.4, 0.5) is 4.79 Å². The minimum atomic E-state index is -0.697. The van der Waals surface area contributed by atoms with Gasteiger partial charge in [-0.25, -0.2) is 4.79 Å². The average molecular weight is 469 g/mol. The Balaban J connectivity index is 1.48. The van der Waals surface area contributed by atoms with Gasteiger partial charge in [0.15, 0.2) is 11.5 Å². The van der Waals surface area contributed by atoms with Crippen molar-refractivity contribution in [3.05, 3.63) is 23.3 Å². The summed E-state index contributed by atoms with van der Waals surface area (Å²) in [6.45, 7) is 1.98. The molecule has 4 bridgehead atoms. The molecule has 5 fully saturated rings. The molecule has 4 aliphatic carbocycles. The van der Waals surface area contributed by atoms with Crippen molar-refractivity contribution in [1.29, 1.82) is 0 Å². The van der Waals surface area contributed by atoms with Gasteiger partial charge in [-0.05, 0) is 92.4 Å². The number of rotatable bonds is 6. The van der Waals surface area contributed by atoms with E-state index in [-0.39, 0.29) is 17.0 Å². The molecule has 0 unspecified atom stereocenters. The Morgan fingerprint density at radius 3 is 1.94 bits per heavy atom. The molecule has 0 spiro atoms. The molecule has 1 heterocycles. The molecular formula is C26H32N2O6. The van der Waals surface area contributed by atoms with Crippen molar-refractivity contribution in [3.63, 3.8) is 0 Å². The topological polar surface area (TPSA) is 94.2 Å². The third kappa shape index (κ3) is 3.54. The Bertz CT molecular complexity index is 1020. The number of carbonyl (C=O) groups excluding carboxylic acids is 3. The molecule has 1 saturated heterocycles. The second kappa shape index (κ2) is 8.32. The van der Waals surface area contributed by atoms with Gasteiger partial charge in [0.2, 0.25) is 5.75 Å². The lowest BCUT2D eigenvalue weighted by Gasteiger charge is -2.60. The van der Waals surface area contributed by atoms with Crippen LogP contribution in [0.25, 0.3) is 6.08 Å². The zero-order chi connectivity index (χ0) is 24.2. The first-order chi connectivity index (χ1) is 16.3. The molecule has 1 atom stereocenters. The van der Waals surface area contributed by atoms with Gasteiger partial charge in [0.05, 0.1) is 21.3 Å². The van der Waals surface area contributed by atoms with E-state index in [0.717, 1.165) is 19.3 Å². The van der Waals surface area contributed by atoms with Crippen LogP contribution in [0.15, 0.2) is 17.7 Å². The zero-order valence-corrected chi connectivity index (χ0v) is 20.2. The molecule has 182 valence electrons. The van der Waals surface area contributed by atoms with Crippen LogP contribution < -0.4 is 19.5 Å². The number of hydrogen-bond acceptors (Lipinski definition) is 6. The maximum Gasteiger partial charge on any atom is 0.331 e. The zero-order valence-electron chi connectivity index (χ0n) is 20.2. The smallest absolute Gasteiger partial charge is 0.331 e. The van der Waals surface area contributed by atoms with Gasteiger partial charge in [-0.3, -0.25) is 19.8 Å². The van der Waals surface area contributed by atoms with Crippen LogP contribution in [0, 0.1) is 23.2 Å². The highest BCUT2D eigenvalue weighted by Gasteiger charge is 2.56. The normalized spacial score (nSPS) is 32.1. The first-order valence-corrected chi connectivity index (χ1v) is 12.0. The summed E-state index contributed by atoms with van der Waals surface area (Å²) in [6, 6.07) is 2.43. The van der Waals surface area contributed by atoms with Gasteiger partial charge in [-0.1, -0.05) is 0 Å². The highest BCUT2D eigenvalue weighted by atomic mass is 16.5. The van der Waals surface area contributed by atoms with Crippen molar-refractivity contribution in [3.8, 4) is 17.2 Å². The van der Waals surface area contributed by atoms with Gasteiger partial charge in [-0.2, -0.15) is 0 Å². The van der Waals surface area contributed by atoms with Gasteiger partial charge in [0, 0.05) is 6.04 Å². The lowest BCUT2D eigenvalue weighted by atomic mass is 9.47. The number of methoxy groups -OCH3 is 3. The van der Waals surface area contributed by atoms with Crippen LogP contribution in [0.3, 0.4) is 0 Å². The number of benzene rings is 1. The predicted octanol–water partition coefficient (Wildman–Crippen LogP) is 3.78. The Morgan fingerprint density at radius 2 is 1.47 bits per heavy atom. The van der Waals surface area contributed by atoms with E-state index in [0.29, 0.717) is 40.6 Å². The van der Waals surface area contributed by atoms with Crippen molar-refractivity contribution < 1.29 is 28.6 Å². The molecule has 5 aliphatic rings. The quantitative estimate of drug-likeness (QED) is 0.504. The summed E-state index contributed by atoms with van der Waals surface area (Å²) >= 11 is 0. The van der Waals surface area contributed by atoms with Crippen molar-refractivity contribution in [2.75, 3.05) is 21.3 Å².